The summed E-state index contributed by atoms with van der Waals surface area (Å²) >= 11 is 0. The maximum absolute atomic E-state index is 2.77. The molecule has 390 valence electrons. The number of aryl methyl sites for hydroxylation is 1. The SMILES string of the molecule is Cc1cc2c(cc1N1c3ccc(N(c4ccccc4)c4ccccc4)cc3B3c4cc5c(cc4C(Cc4ccc6c(c4)C(C)(C)CCC6(C)C)c4cc(C(C)(C)C)cc1c43)C(C)(C)CCC5(C)C)C(C)(C)CCC2(C)C. The highest BCUT2D eigenvalue weighted by Gasteiger charge is 2.48. The Kier molecular flexibility index (Phi) is 11.5. The van der Waals surface area contributed by atoms with Gasteiger partial charge in [0.05, 0.1) is 0 Å². The van der Waals surface area contributed by atoms with Gasteiger partial charge in [0.15, 0.2) is 0 Å². The fourth-order valence-corrected chi connectivity index (χ4v) is 15.0. The Morgan fingerprint density at radius 3 is 1.50 bits per heavy atom. The monoisotopic (exact) mass is 1000 g/mol. The molecule has 3 aliphatic carbocycles. The van der Waals surface area contributed by atoms with Gasteiger partial charge >= 0.3 is 0 Å². The van der Waals surface area contributed by atoms with Crippen LogP contribution in [0.15, 0.2) is 133 Å². The van der Waals surface area contributed by atoms with Crippen LogP contribution in [-0.4, -0.2) is 6.71 Å². The highest BCUT2D eigenvalue weighted by atomic mass is 15.2. The Hall–Kier alpha value is -5.80. The van der Waals surface area contributed by atoms with E-state index in [1.54, 1.807) is 16.7 Å². The number of fused-ring (bicyclic) bond motifs is 7. The lowest BCUT2D eigenvalue weighted by atomic mass is 9.30. The van der Waals surface area contributed by atoms with Gasteiger partial charge in [-0.15, -0.1) is 0 Å². The molecule has 0 aromatic heterocycles. The molecule has 7 aromatic carbocycles. The van der Waals surface area contributed by atoms with Gasteiger partial charge in [-0.25, -0.2) is 0 Å². The molecule has 1 atom stereocenters. The summed E-state index contributed by atoms with van der Waals surface area (Å²) in [6.45, 7) is 39.6. The molecule has 0 spiro atoms. The van der Waals surface area contributed by atoms with Gasteiger partial charge in [0.25, 0.3) is 0 Å². The van der Waals surface area contributed by atoms with Crippen LogP contribution in [0.1, 0.15) is 209 Å². The highest BCUT2D eigenvalue weighted by Crippen LogP contribution is 2.54. The lowest BCUT2D eigenvalue weighted by Gasteiger charge is -2.48. The van der Waals surface area contributed by atoms with Crippen molar-refractivity contribution < 1.29 is 0 Å². The van der Waals surface area contributed by atoms with Crippen LogP contribution in [0.4, 0.5) is 34.1 Å². The van der Waals surface area contributed by atoms with E-state index in [2.05, 4.69) is 254 Å². The Morgan fingerprint density at radius 2 is 0.947 bits per heavy atom. The molecule has 3 heteroatoms. The van der Waals surface area contributed by atoms with E-state index < -0.39 is 0 Å². The van der Waals surface area contributed by atoms with Crippen molar-refractivity contribution in [3.05, 3.63) is 195 Å². The first kappa shape index (κ1) is 51.0. The summed E-state index contributed by atoms with van der Waals surface area (Å²) in [7, 11) is 0. The van der Waals surface area contributed by atoms with Crippen molar-refractivity contribution in [2.24, 2.45) is 0 Å². The quantitative estimate of drug-likeness (QED) is 0.153. The second-order valence-electron chi connectivity index (χ2n) is 29.4. The van der Waals surface area contributed by atoms with Gasteiger partial charge in [0.1, 0.15) is 0 Å². The molecule has 0 radical (unpaired) electrons. The number of anilines is 6. The number of benzene rings is 7. The maximum Gasteiger partial charge on any atom is 0.247 e. The molecule has 12 rings (SSSR count). The third-order valence-corrected chi connectivity index (χ3v) is 20.3. The third kappa shape index (κ3) is 8.08. The molecule has 7 aromatic rings. The minimum atomic E-state index is -0.0896. The van der Waals surface area contributed by atoms with Gasteiger partial charge in [-0.1, -0.05) is 188 Å². The predicted molar refractivity (Wildman–Crippen MR) is 328 cm³/mol. The first-order chi connectivity index (χ1) is 35.7. The number of hydrogen-bond acceptors (Lipinski definition) is 2. The van der Waals surface area contributed by atoms with Gasteiger partial charge < -0.3 is 9.80 Å². The van der Waals surface area contributed by atoms with Crippen LogP contribution in [-0.2, 0) is 44.3 Å². The molecule has 0 N–H and O–H groups in total. The number of hydrogen-bond donors (Lipinski definition) is 0. The standard InChI is InChI=1S/C73H85BN2/c1-46-37-56-60(73(15,16)36-33-69(56,7)8)45-64(46)76-63-30-28-51(75(49-23-19-17-20-24-49)50-25-21-18-22-26-50)42-62(63)74-61-44-59-58(71(11,12)34-35-72(59,13)14)43-53(61)52(54-40-48(67(2,3)4)41-65(76)66(54)74)38-47-27-29-55-57(39-47)70(9,10)32-31-68(55,5)6/h17-30,37,39-45,52H,31-36,38H2,1-16H3. The van der Waals surface area contributed by atoms with E-state index >= 15 is 0 Å². The van der Waals surface area contributed by atoms with E-state index in [1.807, 2.05) is 0 Å². The molecule has 0 fully saturated rings. The minimum absolute atomic E-state index is 0.0209. The van der Waals surface area contributed by atoms with Crippen molar-refractivity contribution >= 4 is 57.2 Å². The second-order valence-corrected chi connectivity index (χ2v) is 29.4. The normalized spacial score (nSPS) is 20.6. The first-order valence-electron chi connectivity index (χ1n) is 29.2. The Morgan fingerprint density at radius 1 is 0.447 bits per heavy atom. The zero-order chi connectivity index (χ0) is 53.9. The summed E-state index contributed by atoms with van der Waals surface area (Å²) in [5.41, 5.74) is 28.7. The van der Waals surface area contributed by atoms with E-state index in [0.29, 0.717) is 0 Å². The molecule has 0 bridgehead atoms. The van der Waals surface area contributed by atoms with Gasteiger partial charge in [-0.3, -0.25) is 0 Å². The minimum Gasteiger partial charge on any atom is -0.311 e. The van der Waals surface area contributed by atoms with Crippen molar-refractivity contribution in [1.29, 1.82) is 0 Å². The van der Waals surface area contributed by atoms with Gasteiger partial charge in [0, 0.05) is 40.0 Å². The molecular weight excluding hydrogens is 916 g/mol. The van der Waals surface area contributed by atoms with E-state index in [0.717, 1.165) is 17.8 Å². The Bertz CT molecular complexity index is 3430. The van der Waals surface area contributed by atoms with Gasteiger partial charge in [-0.2, -0.15) is 0 Å². The fourth-order valence-electron chi connectivity index (χ4n) is 15.0. The van der Waals surface area contributed by atoms with Crippen molar-refractivity contribution in [1.82, 2.24) is 0 Å². The van der Waals surface area contributed by atoms with Crippen molar-refractivity contribution in [3.63, 3.8) is 0 Å². The molecule has 2 aliphatic heterocycles. The largest absolute Gasteiger partial charge is 0.311 e. The van der Waals surface area contributed by atoms with Crippen molar-refractivity contribution in [2.45, 2.75) is 200 Å². The molecule has 2 heterocycles. The molecular formula is C73H85BN2. The Labute approximate surface area is 458 Å². The molecule has 0 saturated heterocycles. The summed E-state index contributed by atoms with van der Waals surface area (Å²) in [5, 5.41) is 0. The summed E-state index contributed by atoms with van der Waals surface area (Å²) < 4.78 is 0. The average molecular weight is 1000 g/mol. The number of rotatable bonds is 6. The molecule has 1 unspecified atom stereocenters. The first-order valence-corrected chi connectivity index (χ1v) is 29.2. The van der Waals surface area contributed by atoms with E-state index in [-0.39, 0.29) is 50.5 Å². The van der Waals surface area contributed by atoms with Crippen molar-refractivity contribution in [3.8, 4) is 0 Å². The highest BCUT2D eigenvalue weighted by molar-refractivity contribution is 6.99. The van der Waals surface area contributed by atoms with Crippen LogP contribution in [0.5, 0.6) is 0 Å². The number of para-hydroxylation sites is 2. The van der Waals surface area contributed by atoms with Gasteiger partial charge in [-0.05, 0) is 216 Å². The second kappa shape index (κ2) is 17.1. The van der Waals surface area contributed by atoms with Crippen LogP contribution in [0.2, 0.25) is 0 Å². The van der Waals surface area contributed by atoms with Crippen LogP contribution >= 0.6 is 0 Å². The smallest absolute Gasteiger partial charge is 0.247 e. The van der Waals surface area contributed by atoms with Gasteiger partial charge in [0.2, 0.25) is 6.71 Å². The summed E-state index contributed by atoms with van der Waals surface area (Å²) in [4.78, 5) is 5.23. The zero-order valence-corrected chi connectivity index (χ0v) is 49.2. The maximum atomic E-state index is 2.77. The van der Waals surface area contributed by atoms with E-state index in [1.165, 1.54) is 122 Å². The summed E-state index contributed by atoms with van der Waals surface area (Å²) in [6, 6.07) is 53.3. The average Bonchev–Trinajstić information content (AvgIpc) is 3.49. The molecule has 0 amide bonds. The molecule has 5 aliphatic rings. The van der Waals surface area contributed by atoms with Crippen LogP contribution in [0.3, 0.4) is 0 Å². The lowest BCUT2D eigenvalue weighted by molar-refractivity contribution is 0.331. The van der Waals surface area contributed by atoms with Crippen LogP contribution in [0.25, 0.3) is 0 Å². The van der Waals surface area contributed by atoms with E-state index in [9.17, 15) is 0 Å². The molecule has 2 nitrogen and oxygen atoms in total. The predicted octanol–water partition coefficient (Wildman–Crippen LogP) is 17.8. The fraction of sp³-hybridized carbons (Fsp3) is 0.425. The molecule has 0 saturated carbocycles. The third-order valence-electron chi connectivity index (χ3n) is 20.3. The summed E-state index contributed by atoms with van der Waals surface area (Å²) in [6.07, 6.45) is 8.13. The lowest BCUT2D eigenvalue weighted by Crippen LogP contribution is -2.62. The summed E-state index contributed by atoms with van der Waals surface area (Å²) in [5.74, 6) is 0.160. The Balaban J connectivity index is 1.19. The van der Waals surface area contributed by atoms with Crippen LogP contribution in [0, 0.1) is 6.92 Å². The van der Waals surface area contributed by atoms with Crippen molar-refractivity contribution in [2.75, 3.05) is 9.80 Å². The molecule has 76 heavy (non-hydrogen) atoms. The zero-order valence-electron chi connectivity index (χ0n) is 49.2. The topological polar surface area (TPSA) is 6.48 Å². The van der Waals surface area contributed by atoms with E-state index in [4.69, 9.17) is 0 Å². The van der Waals surface area contributed by atoms with Crippen LogP contribution < -0.4 is 26.2 Å². The number of nitrogens with zero attached hydrogens (tertiary/aromatic N) is 2.